The lowest BCUT2D eigenvalue weighted by Crippen LogP contribution is -1.88. The molecule has 2 heteroatoms. The average Bonchev–Trinajstić information content (AvgIpc) is 2.38. The number of hydrogen-bond donors (Lipinski definition) is 1. The van der Waals surface area contributed by atoms with Crippen molar-refractivity contribution in [3.63, 3.8) is 0 Å². The Hall–Kier alpha value is -1.96. The quantitative estimate of drug-likeness (QED) is 0.874. The zero-order valence-electron chi connectivity index (χ0n) is 11.0. The summed E-state index contributed by atoms with van der Waals surface area (Å²) >= 11 is 0. The fourth-order valence-corrected chi connectivity index (χ4v) is 1.95. The van der Waals surface area contributed by atoms with Gasteiger partial charge in [-0.3, -0.25) is 0 Å². The summed E-state index contributed by atoms with van der Waals surface area (Å²) in [5, 5.41) is 9.81. The fourth-order valence-electron chi connectivity index (χ4n) is 1.95. The molecule has 0 heterocycles. The van der Waals surface area contributed by atoms with Crippen LogP contribution in [0, 0.1) is 0 Å². The molecule has 1 N–H and O–H groups in total. The summed E-state index contributed by atoms with van der Waals surface area (Å²) < 4.78 is 5.05. The third-order valence-corrected chi connectivity index (χ3v) is 3.07. The largest absolute Gasteiger partial charge is 0.504 e. The second-order valence-corrected chi connectivity index (χ2v) is 4.67. The molecular weight excluding hydrogens is 224 g/mol. The normalized spacial score (nSPS) is 10.7. The number of rotatable bonds is 3. The first-order valence-corrected chi connectivity index (χ1v) is 6.09. The van der Waals surface area contributed by atoms with Gasteiger partial charge in [0.05, 0.1) is 7.11 Å². The number of benzene rings is 2. The maximum absolute atomic E-state index is 9.81. The van der Waals surface area contributed by atoms with Crippen LogP contribution in [0.3, 0.4) is 0 Å². The predicted octanol–water partition coefficient (Wildman–Crippen LogP) is 4.19. The van der Waals surface area contributed by atoms with Crippen molar-refractivity contribution >= 4 is 0 Å². The molecule has 94 valence electrons. The molecule has 0 aliphatic heterocycles. The lowest BCUT2D eigenvalue weighted by Gasteiger charge is -2.10. The molecule has 0 aliphatic rings. The number of phenolic OH excluding ortho intramolecular Hbond substituents is 1. The van der Waals surface area contributed by atoms with Crippen LogP contribution < -0.4 is 4.74 Å². The highest BCUT2D eigenvalue weighted by Gasteiger charge is 2.06. The van der Waals surface area contributed by atoms with Crippen molar-refractivity contribution < 1.29 is 9.84 Å². The van der Waals surface area contributed by atoms with Crippen LogP contribution in [-0.4, -0.2) is 12.2 Å². The molecule has 0 saturated carbocycles. The second kappa shape index (κ2) is 5.13. The second-order valence-electron chi connectivity index (χ2n) is 4.67. The molecule has 0 spiro atoms. The van der Waals surface area contributed by atoms with Crippen molar-refractivity contribution in [2.45, 2.75) is 19.8 Å². The van der Waals surface area contributed by atoms with Crippen molar-refractivity contribution in [2.24, 2.45) is 0 Å². The van der Waals surface area contributed by atoms with Crippen LogP contribution in [-0.2, 0) is 0 Å². The van der Waals surface area contributed by atoms with Crippen molar-refractivity contribution in [2.75, 3.05) is 7.11 Å². The highest BCUT2D eigenvalue weighted by atomic mass is 16.5. The van der Waals surface area contributed by atoms with Gasteiger partial charge in [0, 0.05) is 0 Å². The first kappa shape index (κ1) is 12.5. The molecule has 0 amide bonds. The number of methoxy groups -OCH3 is 1. The minimum Gasteiger partial charge on any atom is -0.504 e. The molecule has 0 atom stereocenters. The van der Waals surface area contributed by atoms with Crippen LogP contribution in [0.4, 0.5) is 0 Å². The molecule has 0 unspecified atom stereocenters. The average molecular weight is 242 g/mol. The number of aromatic hydroxyl groups is 1. The Morgan fingerprint density at radius 1 is 1.00 bits per heavy atom. The van der Waals surface area contributed by atoms with Crippen LogP contribution >= 0.6 is 0 Å². The van der Waals surface area contributed by atoms with Crippen LogP contribution in [0.25, 0.3) is 11.1 Å². The zero-order chi connectivity index (χ0) is 13.1. The van der Waals surface area contributed by atoms with Gasteiger partial charge in [0.25, 0.3) is 0 Å². The van der Waals surface area contributed by atoms with Crippen molar-refractivity contribution in [1.82, 2.24) is 0 Å². The lowest BCUT2D eigenvalue weighted by atomic mass is 9.97. The Labute approximate surface area is 108 Å². The summed E-state index contributed by atoms with van der Waals surface area (Å²) in [7, 11) is 1.55. The van der Waals surface area contributed by atoms with E-state index in [-0.39, 0.29) is 5.75 Å². The Balaban J connectivity index is 2.42. The van der Waals surface area contributed by atoms with E-state index in [9.17, 15) is 5.11 Å². The summed E-state index contributed by atoms with van der Waals surface area (Å²) in [5.41, 5.74) is 3.40. The minimum atomic E-state index is 0.171. The van der Waals surface area contributed by atoms with Crippen molar-refractivity contribution in [3.8, 4) is 22.6 Å². The maximum Gasteiger partial charge on any atom is 0.160 e. The molecule has 0 saturated heterocycles. The number of hydrogen-bond acceptors (Lipinski definition) is 2. The minimum absolute atomic E-state index is 0.171. The van der Waals surface area contributed by atoms with Gasteiger partial charge >= 0.3 is 0 Å². The van der Waals surface area contributed by atoms with Crippen LogP contribution in [0.1, 0.15) is 25.3 Å². The first-order valence-electron chi connectivity index (χ1n) is 6.09. The highest BCUT2D eigenvalue weighted by molar-refractivity contribution is 5.67. The molecule has 0 aliphatic carbocycles. The van der Waals surface area contributed by atoms with E-state index in [0.717, 1.165) is 11.1 Å². The summed E-state index contributed by atoms with van der Waals surface area (Å²) in [6.07, 6.45) is 0. The topological polar surface area (TPSA) is 29.5 Å². The molecule has 0 radical (unpaired) electrons. The van der Waals surface area contributed by atoms with E-state index in [1.165, 1.54) is 5.56 Å². The first-order chi connectivity index (χ1) is 8.61. The lowest BCUT2D eigenvalue weighted by molar-refractivity contribution is 0.373. The van der Waals surface area contributed by atoms with Gasteiger partial charge < -0.3 is 9.84 Å². The van der Waals surface area contributed by atoms with Gasteiger partial charge in [0.1, 0.15) is 0 Å². The molecule has 2 rings (SSSR count). The Morgan fingerprint density at radius 3 is 2.33 bits per heavy atom. The predicted molar refractivity (Wildman–Crippen MR) is 74.2 cm³/mol. The summed E-state index contributed by atoms with van der Waals surface area (Å²) in [4.78, 5) is 0. The maximum atomic E-state index is 9.81. The van der Waals surface area contributed by atoms with E-state index in [4.69, 9.17) is 4.74 Å². The van der Waals surface area contributed by atoms with Gasteiger partial charge in [-0.1, -0.05) is 44.2 Å². The Morgan fingerprint density at radius 2 is 1.72 bits per heavy atom. The van der Waals surface area contributed by atoms with Gasteiger partial charge in [0.15, 0.2) is 11.5 Å². The highest BCUT2D eigenvalue weighted by Crippen LogP contribution is 2.32. The Kier molecular flexibility index (Phi) is 3.56. The molecule has 0 aromatic heterocycles. The van der Waals surface area contributed by atoms with E-state index in [0.29, 0.717) is 11.7 Å². The molecule has 2 nitrogen and oxygen atoms in total. The zero-order valence-corrected chi connectivity index (χ0v) is 11.0. The van der Waals surface area contributed by atoms with Gasteiger partial charge in [-0.25, -0.2) is 0 Å². The summed E-state index contributed by atoms with van der Waals surface area (Å²) in [6.45, 7) is 4.34. The molecular formula is C16H18O2. The van der Waals surface area contributed by atoms with E-state index in [1.54, 1.807) is 19.2 Å². The fraction of sp³-hybridized carbons (Fsp3) is 0.250. The molecule has 2 aromatic carbocycles. The van der Waals surface area contributed by atoms with Gasteiger partial charge in [-0.15, -0.1) is 0 Å². The summed E-state index contributed by atoms with van der Waals surface area (Å²) in [6, 6.07) is 13.9. The third kappa shape index (κ3) is 2.48. The third-order valence-electron chi connectivity index (χ3n) is 3.07. The van der Waals surface area contributed by atoms with Crippen LogP contribution in [0.5, 0.6) is 11.5 Å². The number of phenols is 1. The molecule has 18 heavy (non-hydrogen) atoms. The smallest absolute Gasteiger partial charge is 0.160 e. The molecule has 0 bridgehead atoms. The van der Waals surface area contributed by atoms with E-state index in [2.05, 4.69) is 26.0 Å². The van der Waals surface area contributed by atoms with E-state index >= 15 is 0 Å². The molecule has 2 aromatic rings. The van der Waals surface area contributed by atoms with Crippen molar-refractivity contribution in [1.29, 1.82) is 0 Å². The van der Waals surface area contributed by atoms with Gasteiger partial charge in [-0.05, 0) is 34.7 Å². The van der Waals surface area contributed by atoms with Crippen LogP contribution in [0.2, 0.25) is 0 Å². The summed E-state index contributed by atoms with van der Waals surface area (Å²) in [5.74, 6) is 1.17. The van der Waals surface area contributed by atoms with Gasteiger partial charge in [0.2, 0.25) is 0 Å². The van der Waals surface area contributed by atoms with Gasteiger partial charge in [-0.2, -0.15) is 0 Å². The monoisotopic (exact) mass is 242 g/mol. The van der Waals surface area contributed by atoms with Crippen LogP contribution in [0.15, 0.2) is 42.5 Å². The van der Waals surface area contributed by atoms with Crippen molar-refractivity contribution in [3.05, 3.63) is 48.0 Å². The Bertz CT molecular complexity index is 545. The molecule has 0 fully saturated rings. The standard InChI is InChI=1S/C16H18O2/c1-11(2)12-5-4-6-13(9-12)14-7-8-16(18-3)15(17)10-14/h4-11,17H,1-3H3. The number of ether oxygens (including phenoxy) is 1. The SMILES string of the molecule is COc1ccc(-c2cccc(C(C)C)c2)cc1O. The van der Waals surface area contributed by atoms with E-state index < -0.39 is 0 Å². The van der Waals surface area contributed by atoms with E-state index in [1.807, 2.05) is 18.2 Å².